The zero-order valence-corrected chi connectivity index (χ0v) is 13.6. The van der Waals surface area contributed by atoms with Gasteiger partial charge < -0.3 is 9.47 Å². The minimum atomic E-state index is -3.92. The number of ether oxygens (including phenoxy) is 2. The van der Waals surface area contributed by atoms with Gasteiger partial charge in [0, 0.05) is 5.69 Å². The average molecular weight is 335 g/mol. The molecule has 0 unspecified atom stereocenters. The Morgan fingerprint density at radius 2 is 1.74 bits per heavy atom. The van der Waals surface area contributed by atoms with Crippen LogP contribution in [0.3, 0.4) is 0 Å². The van der Waals surface area contributed by atoms with Crippen LogP contribution in [0, 0.1) is 0 Å². The monoisotopic (exact) mass is 335 g/mol. The lowest BCUT2D eigenvalue weighted by atomic mass is 10.2. The van der Waals surface area contributed by atoms with Gasteiger partial charge in [0.1, 0.15) is 10.6 Å². The number of esters is 1. The molecule has 1 N–H and O–H groups in total. The molecule has 0 spiro atoms. The number of carbonyl (C=O) groups excluding carboxylic acids is 1. The third-order valence-corrected chi connectivity index (χ3v) is 4.44. The topological polar surface area (TPSA) is 81.7 Å². The molecule has 0 amide bonds. The number of rotatable bonds is 6. The first-order chi connectivity index (χ1) is 11.0. The Hall–Kier alpha value is -2.54. The van der Waals surface area contributed by atoms with E-state index in [9.17, 15) is 13.2 Å². The molecule has 0 fully saturated rings. The highest BCUT2D eigenvalue weighted by Gasteiger charge is 2.22. The molecule has 122 valence electrons. The summed E-state index contributed by atoms with van der Waals surface area (Å²) in [6.45, 7) is 2.39. The zero-order valence-electron chi connectivity index (χ0n) is 12.8. The molecule has 0 bridgehead atoms. The van der Waals surface area contributed by atoms with Crippen molar-refractivity contribution in [2.45, 2.75) is 11.8 Å². The van der Waals surface area contributed by atoms with Crippen molar-refractivity contribution in [3.05, 3.63) is 54.1 Å². The maximum Gasteiger partial charge on any atom is 0.339 e. The largest absolute Gasteiger partial charge is 0.494 e. The van der Waals surface area contributed by atoms with Gasteiger partial charge in [0.15, 0.2) is 0 Å². The number of sulfonamides is 1. The maximum absolute atomic E-state index is 12.5. The van der Waals surface area contributed by atoms with Crippen LogP contribution < -0.4 is 9.46 Å². The first kappa shape index (κ1) is 16.8. The number of hydrogen-bond donors (Lipinski definition) is 1. The molecular weight excluding hydrogens is 318 g/mol. The van der Waals surface area contributed by atoms with E-state index in [1.807, 2.05) is 6.92 Å². The van der Waals surface area contributed by atoms with Crippen molar-refractivity contribution >= 4 is 21.7 Å². The first-order valence-electron chi connectivity index (χ1n) is 6.91. The summed E-state index contributed by atoms with van der Waals surface area (Å²) in [5.74, 6) is -0.0666. The van der Waals surface area contributed by atoms with Gasteiger partial charge in [-0.15, -0.1) is 0 Å². The molecule has 0 atom stereocenters. The van der Waals surface area contributed by atoms with Crippen LogP contribution in [0.5, 0.6) is 5.75 Å². The third-order valence-electron chi connectivity index (χ3n) is 3.00. The molecule has 2 rings (SSSR count). The summed E-state index contributed by atoms with van der Waals surface area (Å²) in [4.78, 5) is 11.6. The highest BCUT2D eigenvalue weighted by molar-refractivity contribution is 7.92. The Bertz CT molecular complexity index is 784. The molecule has 6 nitrogen and oxygen atoms in total. The highest BCUT2D eigenvalue weighted by Crippen LogP contribution is 2.22. The fourth-order valence-electron chi connectivity index (χ4n) is 1.98. The SMILES string of the molecule is CCOc1ccc(NS(=O)(=O)c2ccccc2C(=O)OC)cc1. The van der Waals surface area contributed by atoms with Crippen LogP contribution in [0.4, 0.5) is 5.69 Å². The molecule has 2 aromatic rings. The second kappa shape index (κ2) is 7.15. The van der Waals surface area contributed by atoms with Gasteiger partial charge in [0.25, 0.3) is 10.0 Å². The van der Waals surface area contributed by atoms with Crippen molar-refractivity contribution < 1.29 is 22.7 Å². The number of methoxy groups -OCH3 is 1. The zero-order chi connectivity index (χ0) is 16.9. The van der Waals surface area contributed by atoms with E-state index < -0.39 is 16.0 Å². The van der Waals surface area contributed by atoms with Crippen molar-refractivity contribution in [3.8, 4) is 5.75 Å². The predicted molar refractivity (Wildman–Crippen MR) is 86.2 cm³/mol. The summed E-state index contributed by atoms with van der Waals surface area (Å²) < 4.78 is 37.4. The van der Waals surface area contributed by atoms with Gasteiger partial charge in [-0.1, -0.05) is 12.1 Å². The summed E-state index contributed by atoms with van der Waals surface area (Å²) >= 11 is 0. The normalized spacial score (nSPS) is 10.9. The Labute approximate surface area is 135 Å². The maximum atomic E-state index is 12.5. The summed E-state index contributed by atoms with van der Waals surface area (Å²) in [5.41, 5.74) is 0.349. The number of anilines is 1. The Morgan fingerprint density at radius 1 is 1.09 bits per heavy atom. The molecule has 7 heteroatoms. The number of hydrogen-bond acceptors (Lipinski definition) is 5. The van der Waals surface area contributed by atoms with Gasteiger partial charge >= 0.3 is 5.97 Å². The quantitative estimate of drug-likeness (QED) is 0.821. The number of benzene rings is 2. The van der Waals surface area contributed by atoms with Crippen LogP contribution in [0.1, 0.15) is 17.3 Å². The smallest absolute Gasteiger partial charge is 0.339 e. The van der Waals surface area contributed by atoms with E-state index in [1.165, 1.54) is 19.2 Å². The average Bonchev–Trinajstić information content (AvgIpc) is 2.56. The lowest BCUT2D eigenvalue weighted by Crippen LogP contribution is -2.17. The van der Waals surface area contributed by atoms with E-state index in [-0.39, 0.29) is 10.5 Å². The molecular formula is C16H17NO5S. The molecule has 0 saturated heterocycles. The van der Waals surface area contributed by atoms with Crippen molar-refractivity contribution in [1.29, 1.82) is 0 Å². The van der Waals surface area contributed by atoms with Crippen molar-refractivity contribution in [2.75, 3.05) is 18.4 Å². The number of nitrogens with one attached hydrogen (secondary N) is 1. The van der Waals surface area contributed by atoms with E-state index in [0.29, 0.717) is 18.0 Å². The van der Waals surface area contributed by atoms with Gasteiger partial charge in [-0.25, -0.2) is 13.2 Å². The van der Waals surface area contributed by atoms with Crippen LogP contribution in [-0.2, 0) is 14.8 Å². The van der Waals surface area contributed by atoms with E-state index >= 15 is 0 Å². The summed E-state index contributed by atoms with van der Waals surface area (Å²) in [6.07, 6.45) is 0. The van der Waals surface area contributed by atoms with Gasteiger partial charge in [-0.05, 0) is 43.3 Å². The van der Waals surface area contributed by atoms with E-state index in [1.54, 1.807) is 36.4 Å². The molecule has 0 aliphatic rings. The lowest BCUT2D eigenvalue weighted by molar-refractivity contribution is 0.0596. The number of carbonyl (C=O) groups is 1. The molecule has 0 aromatic heterocycles. The van der Waals surface area contributed by atoms with Gasteiger partial charge in [-0.2, -0.15) is 0 Å². The van der Waals surface area contributed by atoms with Gasteiger partial charge in [-0.3, -0.25) is 4.72 Å². The molecule has 0 aliphatic heterocycles. The third kappa shape index (κ3) is 4.01. The van der Waals surface area contributed by atoms with Crippen LogP contribution >= 0.6 is 0 Å². The van der Waals surface area contributed by atoms with Crippen LogP contribution in [0.15, 0.2) is 53.4 Å². The van der Waals surface area contributed by atoms with Crippen LogP contribution in [0.25, 0.3) is 0 Å². The second-order valence-electron chi connectivity index (χ2n) is 4.55. The fourth-order valence-corrected chi connectivity index (χ4v) is 3.23. The molecule has 0 saturated carbocycles. The van der Waals surface area contributed by atoms with E-state index in [0.717, 1.165) is 0 Å². The van der Waals surface area contributed by atoms with Crippen molar-refractivity contribution in [3.63, 3.8) is 0 Å². The summed E-state index contributed by atoms with van der Waals surface area (Å²) in [7, 11) is -2.72. The Balaban J connectivity index is 2.30. The summed E-state index contributed by atoms with van der Waals surface area (Å²) in [5, 5.41) is 0. The van der Waals surface area contributed by atoms with Gasteiger partial charge in [0.05, 0.1) is 19.3 Å². The van der Waals surface area contributed by atoms with Crippen LogP contribution in [-0.4, -0.2) is 28.1 Å². The van der Waals surface area contributed by atoms with Crippen molar-refractivity contribution in [2.24, 2.45) is 0 Å². The fraction of sp³-hybridized carbons (Fsp3) is 0.188. The lowest BCUT2D eigenvalue weighted by Gasteiger charge is -2.11. The van der Waals surface area contributed by atoms with Gasteiger partial charge in [0.2, 0.25) is 0 Å². The predicted octanol–water partition coefficient (Wildman–Crippen LogP) is 2.67. The van der Waals surface area contributed by atoms with Crippen molar-refractivity contribution in [1.82, 2.24) is 0 Å². The molecule has 0 radical (unpaired) electrons. The second-order valence-corrected chi connectivity index (χ2v) is 6.20. The molecule has 0 aliphatic carbocycles. The molecule has 0 heterocycles. The minimum Gasteiger partial charge on any atom is -0.494 e. The van der Waals surface area contributed by atoms with E-state index in [2.05, 4.69) is 9.46 Å². The highest BCUT2D eigenvalue weighted by atomic mass is 32.2. The standard InChI is InChI=1S/C16H17NO5S/c1-3-22-13-10-8-12(9-11-13)17-23(19,20)15-7-5-4-6-14(15)16(18)21-2/h4-11,17H,3H2,1-2H3. The minimum absolute atomic E-state index is 0.0200. The molecule has 2 aromatic carbocycles. The van der Waals surface area contributed by atoms with Crippen LogP contribution in [0.2, 0.25) is 0 Å². The van der Waals surface area contributed by atoms with E-state index in [4.69, 9.17) is 4.74 Å². The summed E-state index contributed by atoms with van der Waals surface area (Å²) in [6, 6.07) is 12.4. The molecule has 23 heavy (non-hydrogen) atoms. The Kier molecular flexibility index (Phi) is 5.23. The Morgan fingerprint density at radius 3 is 2.35 bits per heavy atom. The first-order valence-corrected chi connectivity index (χ1v) is 8.39.